The Morgan fingerprint density at radius 2 is 1.98 bits per heavy atom. The number of nitrogens with one attached hydrogen (secondary N) is 1. The van der Waals surface area contributed by atoms with Gasteiger partial charge in [0.05, 0.1) is 34.1 Å². The van der Waals surface area contributed by atoms with E-state index in [9.17, 15) is 14.7 Å². The molecule has 6 rings (SSSR count). The Labute approximate surface area is 253 Å². The SMILES string of the molecule is C[C@@H]1CN([C@H](C)CO)C(=O)c2cccc(NC(=O)c3nc4ccccc4s3)c2O[C@H]1CN(C)Cc1ccc2c(c1)OCO2. The number of carbonyl (C=O) groups excluding carboxylic acids is 2. The van der Waals surface area contributed by atoms with Gasteiger partial charge in [-0.15, -0.1) is 11.3 Å². The van der Waals surface area contributed by atoms with Gasteiger partial charge in [-0.05, 0) is 55.9 Å². The predicted octanol–water partition coefficient (Wildman–Crippen LogP) is 4.63. The Kier molecular flexibility index (Phi) is 8.20. The number of anilines is 1. The first kappa shape index (κ1) is 28.9. The molecule has 2 N–H and O–H groups in total. The summed E-state index contributed by atoms with van der Waals surface area (Å²) in [4.78, 5) is 35.5. The molecule has 224 valence electrons. The Morgan fingerprint density at radius 1 is 1.16 bits per heavy atom. The molecule has 0 aliphatic carbocycles. The van der Waals surface area contributed by atoms with Crippen molar-refractivity contribution in [1.29, 1.82) is 0 Å². The van der Waals surface area contributed by atoms with Crippen LogP contribution >= 0.6 is 11.3 Å². The topological polar surface area (TPSA) is 113 Å². The quantitative estimate of drug-likeness (QED) is 0.300. The van der Waals surface area contributed by atoms with Gasteiger partial charge in [0.15, 0.2) is 22.3 Å². The summed E-state index contributed by atoms with van der Waals surface area (Å²) in [6, 6.07) is 18.3. The largest absolute Gasteiger partial charge is 0.486 e. The lowest BCUT2D eigenvalue weighted by molar-refractivity contribution is 0.0343. The Morgan fingerprint density at radius 3 is 2.79 bits per heavy atom. The second-order valence-electron chi connectivity index (χ2n) is 11.1. The molecule has 2 amide bonds. The fourth-order valence-electron chi connectivity index (χ4n) is 5.43. The van der Waals surface area contributed by atoms with Crippen LogP contribution in [0, 0.1) is 5.92 Å². The zero-order valence-corrected chi connectivity index (χ0v) is 25.1. The van der Waals surface area contributed by atoms with Crippen molar-refractivity contribution in [3.8, 4) is 17.2 Å². The zero-order chi connectivity index (χ0) is 30.1. The van der Waals surface area contributed by atoms with Crippen molar-refractivity contribution in [3.63, 3.8) is 0 Å². The molecule has 3 atom stereocenters. The molecule has 11 heteroatoms. The van der Waals surface area contributed by atoms with Gasteiger partial charge in [-0.3, -0.25) is 14.5 Å². The number of aliphatic hydroxyl groups is 1. The van der Waals surface area contributed by atoms with Gasteiger partial charge in [-0.25, -0.2) is 4.98 Å². The van der Waals surface area contributed by atoms with E-state index in [-0.39, 0.29) is 37.2 Å². The van der Waals surface area contributed by atoms with E-state index < -0.39 is 6.04 Å². The van der Waals surface area contributed by atoms with E-state index in [1.165, 1.54) is 11.3 Å². The summed E-state index contributed by atoms with van der Waals surface area (Å²) in [5.74, 6) is 1.06. The number of aliphatic hydroxyl groups excluding tert-OH is 1. The molecule has 3 aromatic carbocycles. The minimum Gasteiger partial charge on any atom is -0.486 e. The van der Waals surface area contributed by atoms with Crippen molar-refractivity contribution in [2.45, 2.75) is 32.5 Å². The van der Waals surface area contributed by atoms with Crippen LogP contribution in [0.15, 0.2) is 60.7 Å². The molecule has 3 heterocycles. The maximum atomic E-state index is 13.8. The van der Waals surface area contributed by atoms with E-state index in [0.29, 0.717) is 41.6 Å². The molecule has 4 aromatic rings. The molecule has 0 saturated heterocycles. The Bertz CT molecular complexity index is 1630. The number of nitrogens with zero attached hydrogens (tertiary/aromatic N) is 3. The second kappa shape index (κ2) is 12.2. The fraction of sp³-hybridized carbons (Fsp3) is 0.344. The number of thiazole rings is 1. The summed E-state index contributed by atoms with van der Waals surface area (Å²) < 4.78 is 18.6. The summed E-state index contributed by atoms with van der Waals surface area (Å²) in [7, 11) is 2.01. The van der Waals surface area contributed by atoms with Crippen LogP contribution in [0.2, 0.25) is 0 Å². The fourth-order valence-corrected chi connectivity index (χ4v) is 6.29. The van der Waals surface area contributed by atoms with Crippen LogP contribution in [0.5, 0.6) is 17.2 Å². The predicted molar refractivity (Wildman–Crippen MR) is 164 cm³/mol. The number of fused-ring (bicyclic) bond motifs is 3. The lowest BCUT2D eigenvalue weighted by atomic mass is 9.98. The number of para-hydroxylation sites is 2. The summed E-state index contributed by atoms with van der Waals surface area (Å²) in [5, 5.41) is 13.3. The van der Waals surface area contributed by atoms with Gasteiger partial charge in [0.1, 0.15) is 6.10 Å². The first-order chi connectivity index (χ1) is 20.8. The number of hydrogen-bond donors (Lipinski definition) is 2. The third-order valence-corrected chi connectivity index (χ3v) is 8.84. The monoisotopic (exact) mass is 602 g/mol. The van der Waals surface area contributed by atoms with E-state index in [1.807, 2.05) is 63.4 Å². The first-order valence-electron chi connectivity index (χ1n) is 14.3. The van der Waals surface area contributed by atoms with Gasteiger partial charge in [0.25, 0.3) is 11.8 Å². The molecule has 0 radical (unpaired) electrons. The number of hydrogen-bond acceptors (Lipinski definition) is 9. The number of benzene rings is 3. The summed E-state index contributed by atoms with van der Waals surface area (Å²) in [6.07, 6.45) is -0.334. The lowest BCUT2D eigenvalue weighted by Gasteiger charge is -2.38. The van der Waals surface area contributed by atoms with E-state index in [4.69, 9.17) is 14.2 Å². The Hall–Kier alpha value is -4.19. The maximum Gasteiger partial charge on any atom is 0.284 e. The zero-order valence-electron chi connectivity index (χ0n) is 24.3. The van der Waals surface area contributed by atoms with Crippen molar-refractivity contribution in [1.82, 2.24) is 14.8 Å². The van der Waals surface area contributed by atoms with Crippen molar-refractivity contribution in [2.24, 2.45) is 5.92 Å². The Balaban J connectivity index is 1.29. The molecule has 2 aliphatic rings. The van der Waals surface area contributed by atoms with Crippen molar-refractivity contribution in [3.05, 3.63) is 76.8 Å². The number of amides is 2. The first-order valence-corrected chi connectivity index (χ1v) is 15.1. The van der Waals surface area contributed by atoms with Crippen molar-refractivity contribution in [2.75, 3.05) is 38.9 Å². The minimum absolute atomic E-state index is 0.0849. The molecular weight excluding hydrogens is 568 g/mol. The second-order valence-corrected chi connectivity index (χ2v) is 12.2. The standard InChI is InChI=1S/C32H34N4O6S/c1-19-14-36(20(2)17-37)32(39)22-7-6-9-24(33-30(38)31-34-23-8-4-5-10-28(23)43-31)29(22)42-27(19)16-35(3)15-21-11-12-25-26(13-21)41-18-40-25/h4-13,19-20,27,37H,14-18H2,1-3H3,(H,33,38)/t19-,20-,27+/m1/s1. The highest BCUT2D eigenvalue weighted by atomic mass is 32.1. The van der Waals surface area contributed by atoms with E-state index in [0.717, 1.165) is 27.3 Å². The number of ether oxygens (including phenoxy) is 3. The molecule has 2 aliphatic heterocycles. The molecular formula is C32H34N4O6S. The summed E-state index contributed by atoms with van der Waals surface area (Å²) in [5.41, 5.74) is 2.54. The van der Waals surface area contributed by atoms with Crippen LogP contribution in [-0.2, 0) is 6.54 Å². The smallest absolute Gasteiger partial charge is 0.284 e. The normalized spacial score (nSPS) is 18.6. The minimum atomic E-state index is -0.395. The molecule has 0 saturated carbocycles. The van der Waals surface area contributed by atoms with Gasteiger partial charge in [0, 0.05) is 25.6 Å². The molecule has 1 aromatic heterocycles. The van der Waals surface area contributed by atoms with Gasteiger partial charge in [-0.2, -0.15) is 0 Å². The van der Waals surface area contributed by atoms with Gasteiger partial charge >= 0.3 is 0 Å². The van der Waals surface area contributed by atoms with Crippen LogP contribution in [-0.4, -0.2) is 77.4 Å². The average Bonchev–Trinajstić information content (AvgIpc) is 3.66. The third kappa shape index (κ3) is 6.01. The van der Waals surface area contributed by atoms with Crippen molar-refractivity contribution < 1.29 is 28.9 Å². The van der Waals surface area contributed by atoms with Crippen LogP contribution in [0.4, 0.5) is 5.69 Å². The van der Waals surface area contributed by atoms with Crippen molar-refractivity contribution >= 4 is 39.1 Å². The van der Waals surface area contributed by atoms with Crippen LogP contribution in [0.3, 0.4) is 0 Å². The number of aromatic nitrogens is 1. The highest BCUT2D eigenvalue weighted by Gasteiger charge is 2.35. The van der Waals surface area contributed by atoms with E-state index in [1.54, 1.807) is 23.1 Å². The molecule has 0 spiro atoms. The summed E-state index contributed by atoms with van der Waals surface area (Å²) in [6.45, 7) is 5.51. The highest BCUT2D eigenvalue weighted by Crippen LogP contribution is 2.36. The number of likely N-dealkylation sites (N-methyl/N-ethyl adjacent to an activating group) is 1. The third-order valence-electron chi connectivity index (χ3n) is 7.81. The highest BCUT2D eigenvalue weighted by molar-refractivity contribution is 7.20. The van der Waals surface area contributed by atoms with Gasteiger partial charge in [-0.1, -0.05) is 31.2 Å². The molecule has 0 unspecified atom stereocenters. The van der Waals surface area contributed by atoms with Crippen LogP contribution in [0.25, 0.3) is 10.2 Å². The lowest BCUT2D eigenvalue weighted by Crippen LogP contribution is -2.49. The molecule has 10 nitrogen and oxygen atoms in total. The molecule has 0 fully saturated rings. The molecule has 0 bridgehead atoms. The average molecular weight is 603 g/mol. The van der Waals surface area contributed by atoms with Gasteiger partial charge < -0.3 is 29.5 Å². The number of carbonyl (C=O) groups is 2. The van der Waals surface area contributed by atoms with E-state index in [2.05, 4.69) is 15.2 Å². The van der Waals surface area contributed by atoms with Gasteiger partial charge in [0.2, 0.25) is 6.79 Å². The summed E-state index contributed by atoms with van der Waals surface area (Å²) >= 11 is 1.30. The number of rotatable bonds is 8. The van der Waals surface area contributed by atoms with E-state index >= 15 is 0 Å². The maximum absolute atomic E-state index is 13.8. The van der Waals surface area contributed by atoms with Crippen LogP contribution in [0.1, 0.15) is 39.6 Å². The molecule has 43 heavy (non-hydrogen) atoms. The van der Waals surface area contributed by atoms with Crippen LogP contribution < -0.4 is 19.5 Å².